The number of rotatable bonds is 6. The predicted molar refractivity (Wildman–Crippen MR) is 80.6 cm³/mol. The molecule has 0 atom stereocenters. The number of benzene rings is 1. The van der Waals surface area contributed by atoms with Gasteiger partial charge in [0.2, 0.25) is 10.0 Å². The quantitative estimate of drug-likeness (QED) is 0.841. The van der Waals surface area contributed by atoms with Crippen molar-refractivity contribution >= 4 is 15.7 Å². The molecule has 1 aromatic rings. The van der Waals surface area contributed by atoms with Crippen molar-refractivity contribution in [2.24, 2.45) is 5.92 Å². The number of hydrogen-bond acceptors (Lipinski definition) is 4. The number of ether oxygens (including phenoxy) is 1. The van der Waals surface area contributed by atoms with E-state index in [4.69, 9.17) is 4.74 Å². The van der Waals surface area contributed by atoms with Gasteiger partial charge in [-0.1, -0.05) is 12.1 Å². The SMILES string of the molecule is COc1ccccc1NS(=O)(=O)CCC1CCNCC1. The van der Waals surface area contributed by atoms with Gasteiger partial charge in [0.1, 0.15) is 5.75 Å². The lowest BCUT2D eigenvalue weighted by molar-refractivity contribution is 0.365. The van der Waals surface area contributed by atoms with Gasteiger partial charge in [-0.3, -0.25) is 4.72 Å². The Bertz CT molecular complexity index is 525. The van der Waals surface area contributed by atoms with Crippen LogP contribution in [0.3, 0.4) is 0 Å². The van der Waals surface area contributed by atoms with Crippen LogP contribution in [0.2, 0.25) is 0 Å². The van der Waals surface area contributed by atoms with Gasteiger partial charge in [0.15, 0.2) is 0 Å². The fourth-order valence-electron chi connectivity index (χ4n) is 2.44. The third-order valence-electron chi connectivity index (χ3n) is 3.63. The lowest BCUT2D eigenvalue weighted by Crippen LogP contribution is -2.29. The predicted octanol–water partition coefficient (Wildman–Crippen LogP) is 1.83. The fourth-order valence-corrected chi connectivity index (χ4v) is 3.69. The average molecular weight is 298 g/mol. The molecule has 1 heterocycles. The van der Waals surface area contributed by atoms with Crippen molar-refractivity contribution in [2.75, 3.05) is 30.7 Å². The minimum Gasteiger partial charge on any atom is -0.495 e. The van der Waals surface area contributed by atoms with Crippen LogP contribution in [0.25, 0.3) is 0 Å². The summed E-state index contributed by atoms with van der Waals surface area (Å²) in [4.78, 5) is 0. The summed E-state index contributed by atoms with van der Waals surface area (Å²) in [5, 5.41) is 3.29. The highest BCUT2D eigenvalue weighted by molar-refractivity contribution is 7.92. The van der Waals surface area contributed by atoms with Gasteiger partial charge in [-0.05, 0) is 50.4 Å². The maximum Gasteiger partial charge on any atom is 0.232 e. The van der Waals surface area contributed by atoms with Gasteiger partial charge < -0.3 is 10.1 Å². The van der Waals surface area contributed by atoms with Crippen molar-refractivity contribution < 1.29 is 13.2 Å². The number of piperidine rings is 1. The Morgan fingerprint density at radius 3 is 2.70 bits per heavy atom. The Labute approximate surface area is 120 Å². The molecular formula is C14H22N2O3S. The molecule has 0 bridgehead atoms. The molecule has 2 rings (SSSR count). The van der Waals surface area contributed by atoms with Crippen LogP contribution in [0, 0.1) is 5.92 Å². The second-order valence-corrected chi connectivity index (χ2v) is 6.95. The third kappa shape index (κ3) is 4.38. The van der Waals surface area contributed by atoms with Crippen LogP contribution in [0.4, 0.5) is 5.69 Å². The summed E-state index contributed by atoms with van der Waals surface area (Å²) in [5.41, 5.74) is 0.500. The van der Waals surface area contributed by atoms with E-state index in [0.29, 0.717) is 23.8 Å². The summed E-state index contributed by atoms with van der Waals surface area (Å²) < 4.78 is 32.0. The van der Waals surface area contributed by atoms with E-state index < -0.39 is 10.0 Å². The number of nitrogens with one attached hydrogen (secondary N) is 2. The molecule has 6 heteroatoms. The van der Waals surface area contributed by atoms with Crippen LogP contribution >= 0.6 is 0 Å². The van der Waals surface area contributed by atoms with E-state index in [0.717, 1.165) is 25.9 Å². The Balaban J connectivity index is 1.93. The molecule has 0 aliphatic carbocycles. The van der Waals surface area contributed by atoms with Crippen LogP contribution < -0.4 is 14.8 Å². The first-order chi connectivity index (χ1) is 9.61. The zero-order valence-electron chi connectivity index (χ0n) is 11.8. The Hall–Kier alpha value is -1.27. The minimum absolute atomic E-state index is 0.162. The largest absolute Gasteiger partial charge is 0.495 e. The van der Waals surface area contributed by atoms with Gasteiger partial charge in [-0.25, -0.2) is 8.42 Å². The lowest BCUT2D eigenvalue weighted by Gasteiger charge is -2.22. The second kappa shape index (κ2) is 6.95. The lowest BCUT2D eigenvalue weighted by atomic mass is 9.96. The van der Waals surface area contributed by atoms with Crippen molar-refractivity contribution in [3.8, 4) is 5.75 Å². The first-order valence-corrected chi connectivity index (χ1v) is 8.60. The number of methoxy groups -OCH3 is 1. The van der Waals surface area contributed by atoms with Gasteiger partial charge in [0.25, 0.3) is 0 Å². The van der Waals surface area contributed by atoms with Gasteiger partial charge in [0.05, 0.1) is 18.6 Å². The maximum absolute atomic E-state index is 12.1. The molecule has 20 heavy (non-hydrogen) atoms. The Kier molecular flexibility index (Phi) is 5.25. The van der Waals surface area contributed by atoms with Gasteiger partial charge >= 0.3 is 0 Å². The van der Waals surface area contributed by atoms with E-state index >= 15 is 0 Å². The molecule has 112 valence electrons. The zero-order chi connectivity index (χ0) is 14.4. The number of hydrogen-bond donors (Lipinski definition) is 2. The topological polar surface area (TPSA) is 67.4 Å². The number of anilines is 1. The first-order valence-electron chi connectivity index (χ1n) is 6.95. The number of sulfonamides is 1. The van der Waals surface area contributed by atoms with Crippen molar-refractivity contribution in [1.29, 1.82) is 0 Å². The third-order valence-corrected chi connectivity index (χ3v) is 4.93. The molecule has 1 aliphatic heterocycles. The summed E-state index contributed by atoms with van der Waals surface area (Å²) in [6, 6.07) is 7.05. The molecule has 0 spiro atoms. The van der Waals surface area contributed by atoms with E-state index in [2.05, 4.69) is 10.0 Å². The Morgan fingerprint density at radius 2 is 2.00 bits per heavy atom. The van der Waals surface area contributed by atoms with E-state index in [1.807, 2.05) is 6.07 Å². The van der Waals surface area contributed by atoms with Crippen LogP contribution in [0.1, 0.15) is 19.3 Å². The smallest absolute Gasteiger partial charge is 0.232 e. The van der Waals surface area contributed by atoms with E-state index in [9.17, 15) is 8.42 Å². The summed E-state index contributed by atoms with van der Waals surface area (Å²) >= 11 is 0. The highest BCUT2D eigenvalue weighted by Crippen LogP contribution is 2.25. The summed E-state index contributed by atoms with van der Waals surface area (Å²) in [6.45, 7) is 1.98. The second-order valence-electron chi connectivity index (χ2n) is 5.10. The summed E-state index contributed by atoms with van der Waals surface area (Å²) in [5.74, 6) is 1.21. The van der Waals surface area contributed by atoms with Crippen LogP contribution in [-0.4, -0.2) is 34.4 Å². The number of para-hydroxylation sites is 2. The van der Waals surface area contributed by atoms with E-state index in [1.54, 1.807) is 18.2 Å². The molecule has 1 fully saturated rings. The molecule has 0 aromatic heterocycles. The van der Waals surface area contributed by atoms with E-state index in [1.165, 1.54) is 7.11 Å². The molecule has 1 aromatic carbocycles. The van der Waals surface area contributed by atoms with Crippen molar-refractivity contribution in [1.82, 2.24) is 5.32 Å². The van der Waals surface area contributed by atoms with E-state index in [-0.39, 0.29) is 5.75 Å². The zero-order valence-corrected chi connectivity index (χ0v) is 12.6. The highest BCUT2D eigenvalue weighted by Gasteiger charge is 2.18. The van der Waals surface area contributed by atoms with Gasteiger partial charge in [-0.2, -0.15) is 0 Å². The molecule has 5 nitrogen and oxygen atoms in total. The first kappa shape index (κ1) is 15.1. The molecule has 0 saturated carbocycles. The summed E-state index contributed by atoms with van der Waals surface area (Å²) in [6.07, 6.45) is 2.83. The normalized spacial score (nSPS) is 16.9. The molecule has 0 radical (unpaired) electrons. The molecule has 2 N–H and O–H groups in total. The van der Waals surface area contributed by atoms with Crippen molar-refractivity contribution in [3.63, 3.8) is 0 Å². The van der Waals surface area contributed by atoms with Gasteiger partial charge in [0, 0.05) is 0 Å². The maximum atomic E-state index is 12.1. The monoisotopic (exact) mass is 298 g/mol. The molecular weight excluding hydrogens is 276 g/mol. The van der Waals surface area contributed by atoms with Crippen molar-refractivity contribution in [2.45, 2.75) is 19.3 Å². The molecule has 1 saturated heterocycles. The minimum atomic E-state index is -3.32. The molecule has 0 unspecified atom stereocenters. The van der Waals surface area contributed by atoms with Crippen LogP contribution in [0.15, 0.2) is 24.3 Å². The molecule has 1 aliphatic rings. The van der Waals surface area contributed by atoms with Crippen LogP contribution in [-0.2, 0) is 10.0 Å². The Morgan fingerprint density at radius 1 is 1.30 bits per heavy atom. The average Bonchev–Trinajstić information content (AvgIpc) is 2.47. The summed E-state index contributed by atoms with van der Waals surface area (Å²) in [7, 11) is -1.79. The molecule has 0 amide bonds. The van der Waals surface area contributed by atoms with Crippen molar-refractivity contribution in [3.05, 3.63) is 24.3 Å². The highest BCUT2D eigenvalue weighted by atomic mass is 32.2. The standard InChI is InChI=1S/C14H22N2O3S/c1-19-14-5-3-2-4-13(14)16-20(17,18)11-8-12-6-9-15-10-7-12/h2-5,12,15-16H,6-11H2,1H3. The fraction of sp³-hybridized carbons (Fsp3) is 0.571. The van der Waals surface area contributed by atoms with Crippen LogP contribution in [0.5, 0.6) is 5.75 Å². The van der Waals surface area contributed by atoms with Gasteiger partial charge in [-0.15, -0.1) is 0 Å².